The van der Waals surface area contributed by atoms with Crippen LogP contribution in [0.15, 0.2) is 30.9 Å². The van der Waals surface area contributed by atoms with E-state index in [1.165, 1.54) is 17.3 Å². The lowest BCUT2D eigenvalue weighted by molar-refractivity contribution is -0.124. The number of carbonyl (C=O) groups excluding carboxylic acids is 1. The van der Waals surface area contributed by atoms with Crippen molar-refractivity contribution in [1.29, 1.82) is 0 Å². The highest BCUT2D eigenvalue weighted by atomic mass is 16.5. The van der Waals surface area contributed by atoms with Gasteiger partial charge in [0, 0.05) is 6.54 Å². The van der Waals surface area contributed by atoms with Crippen LogP contribution >= 0.6 is 0 Å². The summed E-state index contributed by atoms with van der Waals surface area (Å²) in [7, 11) is 3.16. The lowest BCUT2D eigenvalue weighted by Gasteiger charge is -2.13. The summed E-state index contributed by atoms with van der Waals surface area (Å²) in [6.45, 7) is 2.16. The molecule has 1 heterocycles. The third kappa shape index (κ3) is 3.50. The summed E-state index contributed by atoms with van der Waals surface area (Å²) in [5.41, 5.74) is 0.923. The van der Waals surface area contributed by atoms with E-state index in [-0.39, 0.29) is 5.91 Å². The van der Waals surface area contributed by atoms with Gasteiger partial charge in [0.15, 0.2) is 11.5 Å². The van der Waals surface area contributed by atoms with E-state index in [2.05, 4.69) is 15.4 Å². The number of amides is 1. The summed E-state index contributed by atoms with van der Waals surface area (Å²) in [6.07, 6.45) is 2.92. The largest absolute Gasteiger partial charge is 0.493 e. The Balaban J connectivity index is 1.98. The Morgan fingerprint density at radius 1 is 1.33 bits per heavy atom. The molecule has 0 fully saturated rings. The van der Waals surface area contributed by atoms with Gasteiger partial charge in [-0.2, -0.15) is 5.10 Å². The maximum absolute atomic E-state index is 12.0. The van der Waals surface area contributed by atoms with Gasteiger partial charge >= 0.3 is 0 Å². The molecule has 0 spiro atoms. The third-order valence-corrected chi connectivity index (χ3v) is 3.13. The fourth-order valence-electron chi connectivity index (χ4n) is 1.86. The van der Waals surface area contributed by atoms with E-state index in [9.17, 15) is 4.79 Å². The minimum absolute atomic E-state index is 0.129. The van der Waals surface area contributed by atoms with Gasteiger partial charge in [0.25, 0.3) is 0 Å². The van der Waals surface area contributed by atoms with Gasteiger partial charge in [-0.05, 0) is 24.6 Å². The molecule has 0 aliphatic heterocycles. The molecular weight excluding hydrogens is 272 g/mol. The van der Waals surface area contributed by atoms with E-state index < -0.39 is 6.04 Å². The van der Waals surface area contributed by atoms with Crippen LogP contribution < -0.4 is 14.8 Å². The van der Waals surface area contributed by atoms with Crippen LogP contribution in [0.3, 0.4) is 0 Å². The molecule has 0 saturated carbocycles. The quantitative estimate of drug-likeness (QED) is 0.864. The molecule has 2 rings (SSSR count). The Morgan fingerprint density at radius 2 is 2.10 bits per heavy atom. The van der Waals surface area contributed by atoms with E-state index >= 15 is 0 Å². The minimum atomic E-state index is -0.410. The number of methoxy groups -OCH3 is 2. The second-order valence-corrected chi connectivity index (χ2v) is 4.46. The summed E-state index contributed by atoms with van der Waals surface area (Å²) < 4.78 is 11.9. The van der Waals surface area contributed by atoms with E-state index in [0.717, 1.165) is 5.56 Å². The van der Waals surface area contributed by atoms with Gasteiger partial charge in [0.1, 0.15) is 18.7 Å². The monoisotopic (exact) mass is 290 g/mol. The van der Waals surface area contributed by atoms with Crippen molar-refractivity contribution in [1.82, 2.24) is 20.1 Å². The highest BCUT2D eigenvalue weighted by molar-refractivity contribution is 5.79. The number of rotatable bonds is 6. The molecule has 0 unspecified atom stereocenters. The van der Waals surface area contributed by atoms with Gasteiger partial charge in [-0.1, -0.05) is 6.07 Å². The van der Waals surface area contributed by atoms with E-state index in [1.807, 2.05) is 12.1 Å². The first-order chi connectivity index (χ1) is 10.2. The Labute approximate surface area is 122 Å². The van der Waals surface area contributed by atoms with Crippen molar-refractivity contribution in [2.24, 2.45) is 0 Å². The predicted octanol–water partition coefficient (Wildman–Crippen LogP) is 1.17. The SMILES string of the molecule is COc1ccc(CNC(=O)[C@@H](C)n2cncn2)cc1OC. The van der Waals surface area contributed by atoms with Crippen molar-refractivity contribution in [3.8, 4) is 11.5 Å². The number of ether oxygens (including phenoxy) is 2. The molecule has 0 saturated heterocycles. The average Bonchev–Trinajstić information content (AvgIpc) is 3.05. The lowest BCUT2D eigenvalue weighted by atomic mass is 10.2. The van der Waals surface area contributed by atoms with Crippen LogP contribution in [0.1, 0.15) is 18.5 Å². The van der Waals surface area contributed by atoms with Gasteiger partial charge in [-0.15, -0.1) is 0 Å². The number of benzene rings is 1. The van der Waals surface area contributed by atoms with Crippen LogP contribution in [0.5, 0.6) is 11.5 Å². The third-order valence-electron chi connectivity index (χ3n) is 3.13. The van der Waals surface area contributed by atoms with Gasteiger partial charge < -0.3 is 14.8 Å². The van der Waals surface area contributed by atoms with Crippen LogP contribution in [-0.4, -0.2) is 34.9 Å². The van der Waals surface area contributed by atoms with Crippen LogP contribution in [0, 0.1) is 0 Å². The van der Waals surface area contributed by atoms with Crippen molar-refractivity contribution in [2.45, 2.75) is 19.5 Å². The summed E-state index contributed by atoms with van der Waals surface area (Å²) in [5, 5.41) is 6.80. The van der Waals surface area contributed by atoms with Gasteiger partial charge in [0.05, 0.1) is 14.2 Å². The van der Waals surface area contributed by atoms with Crippen molar-refractivity contribution in [2.75, 3.05) is 14.2 Å². The summed E-state index contributed by atoms with van der Waals surface area (Å²) in [6, 6.07) is 5.11. The smallest absolute Gasteiger partial charge is 0.244 e. The molecule has 1 amide bonds. The zero-order valence-corrected chi connectivity index (χ0v) is 12.2. The fourth-order valence-corrected chi connectivity index (χ4v) is 1.86. The highest BCUT2D eigenvalue weighted by Gasteiger charge is 2.15. The van der Waals surface area contributed by atoms with E-state index in [1.54, 1.807) is 27.2 Å². The molecule has 112 valence electrons. The molecule has 1 N–H and O–H groups in total. The first-order valence-corrected chi connectivity index (χ1v) is 6.48. The predicted molar refractivity (Wildman–Crippen MR) is 76.1 cm³/mol. The molecule has 21 heavy (non-hydrogen) atoms. The normalized spacial score (nSPS) is 11.8. The number of hydrogen-bond donors (Lipinski definition) is 1. The second-order valence-electron chi connectivity index (χ2n) is 4.46. The molecule has 0 bridgehead atoms. The number of carbonyl (C=O) groups is 1. The van der Waals surface area contributed by atoms with Gasteiger partial charge in [0.2, 0.25) is 5.91 Å². The average molecular weight is 290 g/mol. The topological polar surface area (TPSA) is 78.3 Å². The fraction of sp³-hybridized carbons (Fsp3) is 0.357. The highest BCUT2D eigenvalue weighted by Crippen LogP contribution is 2.27. The molecule has 7 nitrogen and oxygen atoms in total. The van der Waals surface area contributed by atoms with Crippen LogP contribution in [0.2, 0.25) is 0 Å². The zero-order chi connectivity index (χ0) is 15.2. The second kappa shape index (κ2) is 6.74. The summed E-state index contributed by atoms with van der Waals surface area (Å²) in [5.74, 6) is 1.16. The number of aromatic nitrogens is 3. The van der Waals surface area contributed by atoms with Crippen LogP contribution in [0.4, 0.5) is 0 Å². The Hall–Kier alpha value is -2.57. The molecule has 1 atom stereocenters. The van der Waals surface area contributed by atoms with Crippen LogP contribution in [-0.2, 0) is 11.3 Å². The number of nitrogens with zero attached hydrogens (tertiary/aromatic N) is 3. The van der Waals surface area contributed by atoms with Crippen molar-refractivity contribution >= 4 is 5.91 Å². The van der Waals surface area contributed by atoms with Crippen molar-refractivity contribution in [3.63, 3.8) is 0 Å². The molecule has 0 aliphatic rings. The number of hydrogen-bond acceptors (Lipinski definition) is 5. The van der Waals surface area contributed by atoms with Crippen molar-refractivity contribution in [3.05, 3.63) is 36.4 Å². The molecule has 1 aromatic heterocycles. The zero-order valence-electron chi connectivity index (χ0n) is 12.2. The van der Waals surface area contributed by atoms with E-state index in [0.29, 0.717) is 18.0 Å². The summed E-state index contributed by atoms with van der Waals surface area (Å²) >= 11 is 0. The molecule has 1 aromatic carbocycles. The molecule has 0 radical (unpaired) electrons. The van der Waals surface area contributed by atoms with Gasteiger partial charge in [-0.25, -0.2) is 9.67 Å². The Kier molecular flexibility index (Phi) is 4.76. The Bertz CT molecular complexity index is 598. The number of nitrogens with one attached hydrogen (secondary N) is 1. The van der Waals surface area contributed by atoms with Crippen molar-refractivity contribution < 1.29 is 14.3 Å². The minimum Gasteiger partial charge on any atom is -0.493 e. The van der Waals surface area contributed by atoms with E-state index in [4.69, 9.17) is 9.47 Å². The Morgan fingerprint density at radius 3 is 2.71 bits per heavy atom. The molecule has 7 heteroatoms. The molecular formula is C14H18N4O3. The standard InChI is InChI=1S/C14H18N4O3/c1-10(18-9-15-8-17-18)14(19)16-7-11-4-5-12(20-2)13(6-11)21-3/h4-6,8-10H,7H2,1-3H3,(H,16,19)/t10-/m1/s1. The lowest BCUT2D eigenvalue weighted by Crippen LogP contribution is -2.30. The summed E-state index contributed by atoms with van der Waals surface area (Å²) in [4.78, 5) is 15.9. The molecule has 2 aromatic rings. The maximum Gasteiger partial charge on any atom is 0.244 e. The van der Waals surface area contributed by atoms with Crippen LogP contribution in [0.25, 0.3) is 0 Å². The maximum atomic E-state index is 12.0. The molecule has 0 aliphatic carbocycles. The van der Waals surface area contributed by atoms with Gasteiger partial charge in [-0.3, -0.25) is 4.79 Å². The first kappa shape index (κ1) is 14.8. The first-order valence-electron chi connectivity index (χ1n) is 6.48.